The van der Waals surface area contributed by atoms with Gasteiger partial charge in [-0.25, -0.2) is 13.8 Å². The lowest BCUT2D eigenvalue weighted by Crippen LogP contribution is -2.40. The summed E-state index contributed by atoms with van der Waals surface area (Å²) in [7, 11) is -2.45. The van der Waals surface area contributed by atoms with Crippen molar-refractivity contribution >= 4 is 33.7 Å². The molecule has 188 valence electrons. The van der Waals surface area contributed by atoms with Crippen molar-refractivity contribution < 1.29 is 22.7 Å². The zero-order valence-electron chi connectivity index (χ0n) is 20.0. The number of nitrogens with one attached hydrogen (secondary N) is 2. The average Bonchev–Trinajstić information content (AvgIpc) is 2.87. The fourth-order valence-electron chi connectivity index (χ4n) is 3.34. The molecule has 0 aromatic heterocycles. The van der Waals surface area contributed by atoms with Crippen LogP contribution in [-0.2, 0) is 26.0 Å². The molecular formula is C26H28N4O5S. The van der Waals surface area contributed by atoms with Gasteiger partial charge in [0.15, 0.2) is 0 Å². The minimum atomic E-state index is -4.01. The van der Waals surface area contributed by atoms with Gasteiger partial charge in [-0.05, 0) is 53.9 Å². The van der Waals surface area contributed by atoms with Gasteiger partial charge in [-0.2, -0.15) is 9.41 Å². The molecule has 3 aromatic rings. The number of methoxy groups -OCH3 is 1. The lowest BCUT2D eigenvalue weighted by molar-refractivity contribution is -0.121. The lowest BCUT2D eigenvalue weighted by atomic mass is 10.1. The summed E-state index contributed by atoms with van der Waals surface area (Å²) in [5, 5.41) is 6.54. The summed E-state index contributed by atoms with van der Waals surface area (Å²) < 4.78 is 33.1. The van der Waals surface area contributed by atoms with Crippen LogP contribution in [0.3, 0.4) is 0 Å². The summed E-state index contributed by atoms with van der Waals surface area (Å²) in [6, 6.07) is 22.3. The molecule has 0 aliphatic carbocycles. The van der Waals surface area contributed by atoms with E-state index >= 15 is 0 Å². The van der Waals surface area contributed by atoms with E-state index in [9.17, 15) is 18.0 Å². The minimum absolute atomic E-state index is 0.0114. The van der Waals surface area contributed by atoms with E-state index in [1.807, 2.05) is 30.3 Å². The van der Waals surface area contributed by atoms with Crippen LogP contribution in [0.15, 0.2) is 88.9 Å². The third kappa shape index (κ3) is 7.76. The number of hydrogen-bond acceptors (Lipinski definition) is 6. The quantitative estimate of drug-likeness (QED) is 0.305. The van der Waals surface area contributed by atoms with Gasteiger partial charge in [0.25, 0.3) is 5.91 Å². The highest BCUT2D eigenvalue weighted by Gasteiger charge is 2.26. The SMILES string of the molecule is COc1cccc(/C=N/NC(=O)CN(CCc2ccccc2)S(=O)(=O)c2ccc(NC(C)=O)cc2)c1. The molecule has 3 rings (SSSR count). The molecule has 9 nitrogen and oxygen atoms in total. The highest BCUT2D eigenvalue weighted by atomic mass is 32.2. The highest BCUT2D eigenvalue weighted by molar-refractivity contribution is 7.89. The van der Waals surface area contributed by atoms with Crippen molar-refractivity contribution in [1.82, 2.24) is 9.73 Å². The van der Waals surface area contributed by atoms with Gasteiger partial charge in [-0.15, -0.1) is 0 Å². The number of amides is 2. The maximum Gasteiger partial charge on any atom is 0.255 e. The van der Waals surface area contributed by atoms with Crippen molar-refractivity contribution in [2.24, 2.45) is 5.10 Å². The Morgan fingerprint density at radius 2 is 1.72 bits per heavy atom. The first-order valence-corrected chi connectivity index (χ1v) is 12.6. The van der Waals surface area contributed by atoms with Gasteiger partial charge in [-0.3, -0.25) is 9.59 Å². The molecule has 0 heterocycles. The van der Waals surface area contributed by atoms with E-state index in [2.05, 4.69) is 15.8 Å². The van der Waals surface area contributed by atoms with Crippen LogP contribution in [0, 0.1) is 0 Å². The Labute approximate surface area is 210 Å². The molecule has 0 unspecified atom stereocenters. The first-order valence-electron chi connectivity index (χ1n) is 11.2. The van der Waals surface area contributed by atoms with Gasteiger partial charge in [-0.1, -0.05) is 42.5 Å². The number of carbonyl (C=O) groups excluding carboxylic acids is 2. The molecule has 0 bridgehead atoms. The Morgan fingerprint density at radius 3 is 2.39 bits per heavy atom. The van der Waals surface area contributed by atoms with Gasteiger partial charge in [0, 0.05) is 19.2 Å². The lowest BCUT2D eigenvalue weighted by Gasteiger charge is -2.21. The first-order chi connectivity index (χ1) is 17.3. The molecule has 0 saturated heterocycles. The van der Waals surface area contributed by atoms with Crippen LogP contribution in [0.1, 0.15) is 18.1 Å². The normalized spacial score (nSPS) is 11.4. The van der Waals surface area contributed by atoms with Crippen LogP contribution in [0.5, 0.6) is 5.75 Å². The minimum Gasteiger partial charge on any atom is -0.497 e. The number of anilines is 1. The number of nitrogens with zero attached hydrogens (tertiary/aromatic N) is 2. The molecule has 2 N–H and O–H groups in total. The van der Waals surface area contributed by atoms with Crippen molar-refractivity contribution in [3.63, 3.8) is 0 Å². The van der Waals surface area contributed by atoms with E-state index in [1.165, 1.54) is 37.4 Å². The number of benzene rings is 3. The van der Waals surface area contributed by atoms with E-state index in [0.717, 1.165) is 9.87 Å². The van der Waals surface area contributed by atoms with Crippen LogP contribution in [0.2, 0.25) is 0 Å². The van der Waals surface area contributed by atoms with E-state index in [1.54, 1.807) is 31.4 Å². The molecule has 0 radical (unpaired) electrons. The molecule has 0 saturated carbocycles. The van der Waals surface area contributed by atoms with Crippen LogP contribution < -0.4 is 15.5 Å². The predicted octanol–water partition coefficient (Wildman–Crippen LogP) is 3.04. The Hall–Kier alpha value is -4.02. The Kier molecular flexibility index (Phi) is 9.32. The Morgan fingerprint density at radius 1 is 1.00 bits per heavy atom. The predicted molar refractivity (Wildman–Crippen MR) is 138 cm³/mol. The maximum absolute atomic E-state index is 13.4. The molecule has 10 heteroatoms. The summed E-state index contributed by atoms with van der Waals surface area (Å²) >= 11 is 0. The maximum atomic E-state index is 13.4. The van der Waals surface area contributed by atoms with Crippen molar-refractivity contribution in [3.05, 3.63) is 90.0 Å². The summed E-state index contributed by atoms with van der Waals surface area (Å²) in [5.74, 6) is -0.199. The number of ether oxygens (including phenoxy) is 1. The summed E-state index contributed by atoms with van der Waals surface area (Å²) in [4.78, 5) is 23.9. The topological polar surface area (TPSA) is 117 Å². The fourth-order valence-corrected chi connectivity index (χ4v) is 4.74. The molecule has 2 amide bonds. The van der Waals surface area contributed by atoms with Crippen molar-refractivity contribution in [3.8, 4) is 5.75 Å². The van der Waals surface area contributed by atoms with E-state index in [0.29, 0.717) is 23.4 Å². The van der Waals surface area contributed by atoms with Gasteiger partial charge >= 0.3 is 0 Å². The van der Waals surface area contributed by atoms with E-state index in [4.69, 9.17) is 4.74 Å². The summed E-state index contributed by atoms with van der Waals surface area (Å²) in [5.41, 5.74) is 4.51. The highest BCUT2D eigenvalue weighted by Crippen LogP contribution is 2.19. The van der Waals surface area contributed by atoms with E-state index in [-0.39, 0.29) is 17.3 Å². The Bertz CT molecular complexity index is 1310. The third-order valence-electron chi connectivity index (χ3n) is 5.12. The van der Waals surface area contributed by atoms with Crippen molar-refractivity contribution in [2.75, 3.05) is 25.5 Å². The third-order valence-corrected chi connectivity index (χ3v) is 6.98. The number of carbonyl (C=O) groups is 2. The smallest absolute Gasteiger partial charge is 0.255 e. The summed E-state index contributed by atoms with van der Waals surface area (Å²) in [6.07, 6.45) is 1.87. The standard InChI is InChI=1S/C26H28N4O5S/c1-20(31)28-23-11-13-25(14-12-23)36(33,34)30(16-15-21-7-4-3-5-8-21)19-26(32)29-27-18-22-9-6-10-24(17-22)35-2/h3-14,17-18H,15-16,19H2,1-2H3,(H,28,31)(H,29,32)/b27-18+. The average molecular weight is 509 g/mol. The molecular weight excluding hydrogens is 480 g/mol. The number of hydrogen-bond donors (Lipinski definition) is 2. The molecule has 0 atom stereocenters. The number of sulfonamides is 1. The Balaban J connectivity index is 1.75. The van der Waals surface area contributed by atoms with Gasteiger partial charge < -0.3 is 10.1 Å². The molecule has 3 aromatic carbocycles. The molecule has 0 fully saturated rings. The van der Waals surface area contributed by atoms with Gasteiger partial charge in [0.2, 0.25) is 15.9 Å². The molecule has 0 aliphatic heterocycles. The molecule has 0 aliphatic rings. The largest absolute Gasteiger partial charge is 0.497 e. The van der Waals surface area contributed by atoms with Gasteiger partial charge in [0.1, 0.15) is 5.75 Å². The number of hydrazone groups is 1. The van der Waals surface area contributed by atoms with Crippen LogP contribution in [0.25, 0.3) is 0 Å². The van der Waals surface area contributed by atoms with E-state index < -0.39 is 22.5 Å². The zero-order valence-corrected chi connectivity index (χ0v) is 20.9. The van der Waals surface area contributed by atoms with Crippen LogP contribution in [0.4, 0.5) is 5.69 Å². The van der Waals surface area contributed by atoms with Crippen molar-refractivity contribution in [1.29, 1.82) is 0 Å². The van der Waals surface area contributed by atoms with Gasteiger partial charge in [0.05, 0.1) is 24.8 Å². The second-order valence-corrected chi connectivity index (χ2v) is 9.79. The summed E-state index contributed by atoms with van der Waals surface area (Å²) in [6.45, 7) is 1.04. The molecule has 0 spiro atoms. The first kappa shape index (κ1) is 26.6. The molecule has 36 heavy (non-hydrogen) atoms. The van der Waals surface area contributed by atoms with Crippen LogP contribution >= 0.6 is 0 Å². The van der Waals surface area contributed by atoms with Crippen LogP contribution in [-0.4, -0.2) is 51.0 Å². The zero-order chi connectivity index (χ0) is 26.0. The second-order valence-electron chi connectivity index (χ2n) is 7.85. The monoisotopic (exact) mass is 508 g/mol. The second kappa shape index (κ2) is 12.6. The fraction of sp³-hybridized carbons (Fsp3) is 0.192. The number of rotatable bonds is 11. The van der Waals surface area contributed by atoms with Crippen molar-refractivity contribution in [2.45, 2.75) is 18.2 Å².